The van der Waals surface area contributed by atoms with Crippen LogP contribution in [0.15, 0.2) is 55.4 Å². The van der Waals surface area contributed by atoms with Crippen molar-refractivity contribution in [1.29, 1.82) is 0 Å². The average Bonchev–Trinajstić information content (AvgIpc) is 2.65. The van der Waals surface area contributed by atoms with Crippen LogP contribution in [-0.2, 0) is 0 Å². The van der Waals surface area contributed by atoms with Gasteiger partial charge in [-0.2, -0.15) is 0 Å². The highest BCUT2D eigenvalue weighted by molar-refractivity contribution is 4.88. The molecule has 20 heavy (non-hydrogen) atoms. The van der Waals surface area contributed by atoms with Crippen LogP contribution in [0.3, 0.4) is 0 Å². The highest BCUT2D eigenvalue weighted by atomic mass is 14.8. The summed E-state index contributed by atoms with van der Waals surface area (Å²) in [4.78, 5) is 11.1. The second-order valence-electron chi connectivity index (χ2n) is 1.93. The van der Waals surface area contributed by atoms with Gasteiger partial charge >= 0.3 is 0 Å². The van der Waals surface area contributed by atoms with Gasteiger partial charge in [-0.1, -0.05) is 61.5 Å². The van der Waals surface area contributed by atoms with Gasteiger partial charge in [0.1, 0.15) is 6.33 Å². The van der Waals surface area contributed by atoms with Crippen molar-refractivity contribution in [2.45, 2.75) is 55.4 Å². The van der Waals surface area contributed by atoms with Gasteiger partial charge in [0.15, 0.2) is 0 Å². The predicted octanol–water partition coefficient (Wildman–Crippen LogP) is 5.66. The number of aromatic nitrogens is 3. The third kappa shape index (κ3) is 36.0. The van der Waals surface area contributed by atoms with Gasteiger partial charge in [0.25, 0.3) is 0 Å². The van der Waals surface area contributed by atoms with E-state index in [1.54, 1.807) is 30.9 Å². The molecule has 0 bridgehead atoms. The summed E-state index contributed by atoms with van der Waals surface area (Å²) < 4.78 is 0. The first-order valence-corrected chi connectivity index (χ1v) is 7.55. The molecule has 0 atom stereocenters. The van der Waals surface area contributed by atoms with E-state index in [2.05, 4.69) is 15.0 Å². The highest BCUT2D eigenvalue weighted by Gasteiger charge is 1.59. The minimum absolute atomic E-state index is 1.50. The van der Waals surface area contributed by atoms with Crippen LogP contribution >= 0.6 is 0 Å². The molecule has 0 N–H and O–H groups in total. The van der Waals surface area contributed by atoms with Crippen LogP contribution in [0.25, 0.3) is 0 Å². The number of rotatable bonds is 0. The zero-order valence-electron chi connectivity index (χ0n) is 14.5. The Balaban J connectivity index is -0.0000000863. The van der Waals surface area contributed by atoms with E-state index in [1.807, 2.05) is 73.6 Å². The van der Waals surface area contributed by atoms with Gasteiger partial charge < -0.3 is 0 Å². The summed E-state index contributed by atoms with van der Waals surface area (Å²) in [6.45, 7) is 16.0. The second kappa shape index (κ2) is 43.4. The van der Waals surface area contributed by atoms with Crippen molar-refractivity contribution in [3.05, 3.63) is 55.4 Å². The number of hydrogen-bond acceptors (Lipinski definition) is 3. The summed E-state index contributed by atoms with van der Waals surface area (Å²) in [6.07, 6.45) is 8.38. The molecule has 0 aliphatic rings. The molecule has 0 aliphatic carbocycles. The van der Waals surface area contributed by atoms with Gasteiger partial charge in [-0.3, -0.25) is 4.98 Å². The van der Waals surface area contributed by atoms with E-state index >= 15 is 0 Å². The molecule has 2 heterocycles. The fourth-order valence-corrected chi connectivity index (χ4v) is 0.566. The fourth-order valence-electron chi connectivity index (χ4n) is 0.566. The summed E-state index contributed by atoms with van der Waals surface area (Å²) in [5, 5.41) is 0. The number of nitrogens with zero attached hydrogens (tertiary/aromatic N) is 3. The van der Waals surface area contributed by atoms with Gasteiger partial charge in [-0.25, -0.2) is 9.97 Å². The standard InChI is InChI=1S/C5H5N.C4H4N2.4C2H6/c1-2-4-6-5-3-1;1-2-5-4-6-3-1;4*1-2/h1-5H;1-4H;4*1-2H3. The smallest absolute Gasteiger partial charge is 0.115 e. The maximum absolute atomic E-state index is 3.78. The van der Waals surface area contributed by atoms with Gasteiger partial charge in [-0.15, -0.1) is 0 Å². The molecular formula is C17H33N3. The summed E-state index contributed by atoms with van der Waals surface area (Å²) in [7, 11) is 0. The predicted molar refractivity (Wildman–Crippen MR) is 91.7 cm³/mol. The Kier molecular flexibility index (Phi) is 58.0. The minimum atomic E-state index is 1.50. The Morgan fingerprint density at radius 1 is 0.400 bits per heavy atom. The van der Waals surface area contributed by atoms with Crippen molar-refractivity contribution in [2.75, 3.05) is 0 Å². The molecule has 0 saturated carbocycles. The van der Waals surface area contributed by atoms with E-state index in [4.69, 9.17) is 0 Å². The van der Waals surface area contributed by atoms with E-state index < -0.39 is 0 Å². The van der Waals surface area contributed by atoms with Crippen LogP contribution in [-0.4, -0.2) is 15.0 Å². The lowest BCUT2D eigenvalue weighted by Crippen LogP contribution is -1.66. The highest BCUT2D eigenvalue weighted by Crippen LogP contribution is 1.73. The molecule has 0 fully saturated rings. The molecule has 3 nitrogen and oxygen atoms in total. The molecule has 2 aromatic rings. The van der Waals surface area contributed by atoms with Crippen LogP contribution in [0.4, 0.5) is 0 Å². The molecular weight excluding hydrogens is 246 g/mol. The van der Waals surface area contributed by atoms with Gasteiger partial charge in [-0.05, 0) is 18.2 Å². The molecule has 0 spiro atoms. The Morgan fingerprint density at radius 3 is 0.850 bits per heavy atom. The maximum Gasteiger partial charge on any atom is 0.115 e. The molecule has 0 aromatic carbocycles. The number of pyridine rings is 1. The van der Waals surface area contributed by atoms with Gasteiger partial charge in [0.2, 0.25) is 0 Å². The topological polar surface area (TPSA) is 38.7 Å². The normalized spacial score (nSPS) is 6.00. The van der Waals surface area contributed by atoms with E-state index in [1.165, 1.54) is 6.33 Å². The summed E-state index contributed by atoms with van der Waals surface area (Å²) in [5.74, 6) is 0. The fraction of sp³-hybridized carbons (Fsp3) is 0.471. The van der Waals surface area contributed by atoms with Crippen molar-refractivity contribution in [3.63, 3.8) is 0 Å². The van der Waals surface area contributed by atoms with Gasteiger partial charge in [0.05, 0.1) is 0 Å². The van der Waals surface area contributed by atoms with Crippen molar-refractivity contribution in [3.8, 4) is 0 Å². The molecule has 2 rings (SSSR count). The lowest BCUT2D eigenvalue weighted by atomic mass is 10.5. The van der Waals surface area contributed by atoms with Crippen molar-refractivity contribution in [1.82, 2.24) is 15.0 Å². The van der Waals surface area contributed by atoms with E-state index in [9.17, 15) is 0 Å². The molecule has 3 heteroatoms. The van der Waals surface area contributed by atoms with Crippen molar-refractivity contribution in [2.24, 2.45) is 0 Å². The zero-order valence-corrected chi connectivity index (χ0v) is 14.5. The molecule has 0 saturated heterocycles. The lowest BCUT2D eigenvalue weighted by molar-refractivity contribution is 1.17. The van der Waals surface area contributed by atoms with Crippen LogP contribution in [0.5, 0.6) is 0 Å². The first-order valence-electron chi connectivity index (χ1n) is 7.55. The SMILES string of the molecule is CC.CC.CC.CC.c1ccncc1.c1cncnc1. The average molecular weight is 279 g/mol. The van der Waals surface area contributed by atoms with E-state index in [0.29, 0.717) is 0 Å². The summed E-state index contributed by atoms with van der Waals surface area (Å²) in [5.41, 5.74) is 0. The second-order valence-corrected chi connectivity index (χ2v) is 1.93. The molecule has 0 aliphatic heterocycles. The molecule has 2 aromatic heterocycles. The summed E-state index contributed by atoms with van der Waals surface area (Å²) in [6, 6.07) is 7.49. The Bertz CT molecular complexity index is 188. The molecule has 116 valence electrons. The van der Waals surface area contributed by atoms with Crippen LogP contribution in [0.2, 0.25) is 0 Å². The van der Waals surface area contributed by atoms with Crippen molar-refractivity contribution >= 4 is 0 Å². The third-order valence-electron chi connectivity index (χ3n) is 1.04. The lowest BCUT2D eigenvalue weighted by Gasteiger charge is -1.70. The Hall–Kier alpha value is -1.77. The molecule has 0 amide bonds. The van der Waals surface area contributed by atoms with E-state index in [-0.39, 0.29) is 0 Å². The van der Waals surface area contributed by atoms with Crippen LogP contribution < -0.4 is 0 Å². The van der Waals surface area contributed by atoms with Crippen LogP contribution in [0.1, 0.15) is 55.4 Å². The summed E-state index contributed by atoms with van der Waals surface area (Å²) >= 11 is 0. The first kappa shape index (κ1) is 26.7. The monoisotopic (exact) mass is 279 g/mol. The van der Waals surface area contributed by atoms with Gasteiger partial charge in [0, 0.05) is 24.8 Å². The minimum Gasteiger partial charge on any atom is -0.265 e. The van der Waals surface area contributed by atoms with Crippen LogP contribution in [0, 0.1) is 0 Å². The maximum atomic E-state index is 3.78. The van der Waals surface area contributed by atoms with Crippen molar-refractivity contribution < 1.29 is 0 Å². The molecule has 0 radical (unpaired) electrons. The first-order chi connectivity index (χ1) is 10.0. The Morgan fingerprint density at radius 2 is 0.750 bits per heavy atom. The quantitative estimate of drug-likeness (QED) is 0.624. The van der Waals surface area contributed by atoms with E-state index in [0.717, 1.165) is 0 Å². The number of hydrogen-bond donors (Lipinski definition) is 0. The largest absolute Gasteiger partial charge is 0.265 e. The third-order valence-corrected chi connectivity index (χ3v) is 1.04. The Labute approximate surface area is 126 Å². The zero-order chi connectivity index (χ0) is 16.5. The molecule has 0 unspecified atom stereocenters.